The van der Waals surface area contributed by atoms with E-state index in [1.807, 2.05) is 0 Å². The standard InChI is InChI=1S/C3H2Br2F4/c4-1(2(5)6)3(7,8)9/h1-2H/t1-,2+/m0/s1. The molecule has 0 radical (unpaired) electrons. The molecule has 0 aliphatic rings. The van der Waals surface area contributed by atoms with Crippen LogP contribution >= 0.6 is 31.9 Å². The Kier molecular flexibility index (Phi) is 3.42. The van der Waals surface area contributed by atoms with Crippen LogP contribution in [0.25, 0.3) is 0 Å². The van der Waals surface area contributed by atoms with Crippen LogP contribution in [0.4, 0.5) is 17.6 Å². The van der Waals surface area contributed by atoms with Crippen LogP contribution in [0.2, 0.25) is 0 Å². The molecule has 9 heavy (non-hydrogen) atoms. The molecule has 0 N–H and O–H groups in total. The lowest BCUT2D eigenvalue weighted by molar-refractivity contribution is -0.131. The molecule has 0 aromatic rings. The van der Waals surface area contributed by atoms with E-state index in [-0.39, 0.29) is 0 Å². The quantitative estimate of drug-likeness (QED) is 0.509. The summed E-state index contributed by atoms with van der Waals surface area (Å²) in [6.45, 7) is 0. The molecule has 2 atom stereocenters. The molecule has 0 heterocycles. The van der Waals surface area contributed by atoms with Crippen LogP contribution in [-0.4, -0.2) is 16.1 Å². The summed E-state index contributed by atoms with van der Waals surface area (Å²) in [5, 5.41) is -2.09. The van der Waals surface area contributed by atoms with Crippen LogP contribution in [0.1, 0.15) is 0 Å². The highest BCUT2D eigenvalue weighted by Crippen LogP contribution is 2.32. The van der Waals surface area contributed by atoms with Crippen LogP contribution < -0.4 is 0 Å². The fourth-order valence-corrected chi connectivity index (χ4v) is 0.443. The van der Waals surface area contributed by atoms with Crippen molar-refractivity contribution in [1.29, 1.82) is 0 Å². The van der Waals surface area contributed by atoms with Gasteiger partial charge in [0.2, 0.25) is 0 Å². The summed E-state index contributed by atoms with van der Waals surface area (Å²) >= 11 is 4.26. The largest absolute Gasteiger partial charge is 0.404 e. The van der Waals surface area contributed by atoms with Gasteiger partial charge in [0.25, 0.3) is 0 Å². The van der Waals surface area contributed by atoms with Crippen molar-refractivity contribution in [2.75, 3.05) is 0 Å². The first-order valence-corrected chi connectivity index (χ1v) is 3.67. The van der Waals surface area contributed by atoms with Gasteiger partial charge in [-0.25, -0.2) is 4.39 Å². The van der Waals surface area contributed by atoms with Crippen LogP contribution in [0.15, 0.2) is 0 Å². The van der Waals surface area contributed by atoms with Crippen molar-refractivity contribution in [3.8, 4) is 0 Å². The van der Waals surface area contributed by atoms with Crippen molar-refractivity contribution in [3.05, 3.63) is 0 Å². The van der Waals surface area contributed by atoms with Crippen molar-refractivity contribution in [2.45, 2.75) is 16.1 Å². The van der Waals surface area contributed by atoms with Gasteiger partial charge in [-0.2, -0.15) is 13.2 Å². The first-order valence-electron chi connectivity index (χ1n) is 1.84. The Bertz CT molecular complexity index is 88.3. The van der Waals surface area contributed by atoms with E-state index in [4.69, 9.17) is 0 Å². The van der Waals surface area contributed by atoms with E-state index in [2.05, 4.69) is 31.9 Å². The summed E-state index contributed by atoms with van der Waals surface area (Å²) in [5.74, 6) is 0. The second-order valence-corrected chi connectivity index (χ2v) is 3.14. The van der Waals surface area contributed by atoms with E-state index in [9.17, 15) is 17.6 Å². The van der Waals surface area contributed by atoms with Crippen molar-refractivity contribution in [2.24, 2.45) is 0 Å². The zero-order valence-corrected chi connectivity index (χ0v) is 7.09. The zero-order valence-electron chi connectivity index (χ0n) is 3.92. The summed E-state index contributed by atoms with van der Waals surface area (Å²) < 4.78 is 45.9. The van der Waals surface area contributed by atoms with E-state index in [0.29, 0.717) is 0 Å². The maximum absolute atomic E-state index is 11.7. The van der Waals surface area contributed by atoms with Crippen molar-refractivity contribution in [3.63, 3.8) is 0 Å². The summed E-state index contributed by atoms with van der Waals surface area (Å²) in [5.41, 5.74) is 0. The fraction of sp³-hybridized carbons (Fsp3) is 1.00. The predicted octanol–water partition coefficient (Wildman–Crippen LogP) is 3.00. The van der Waals surface area contributed by atoms with E-state index < -0.39 is 16.1 Å². The average Bonchev–Trinajstić information content (AvgIpc) is 1.62. The summed E-state index contributed by atoms with van der Waals surface area (Å²) in [4.78, 5) is -2.12. The maximum Gasteiger partial charge on any atom is 0.404 e. The smallest absolute Gasteiger partial charge is 0.233 e. The van der Waals surface area contributed by atoms with Gasteiger partial charge in [-0.15, -0.1) is 0 Å². The fourth-order valence-electron chi connectivity index (χ4n) is 0.143. The van der Waals surface area contributed by atoms with Crippen LogP contribution in [0, 0.1) is 0 Å². The highest BCUT2D eigenvalue weighted by Gasteiger charge is 2.42. The van der Waals surface area contributed by atoms with Gasteiger partial charge in [0.05, 0.1) is 0 Å². The van der Waals surface area contributed by atoms with Gasteiger partial charge >= 0.3 is 6.18 Å². The Morgan fingerprint density at radius 3 is 1.44 bits per heavy atom. The molecule has 0 aliphatic heterocycles. The molecule has 0 aliphatic carbocycles. The number of rotatable bonds is 1. The maximum atomic E-state index is 11.7. The molecule has 0 unspecified atom stereocenters. The molecule has 0 fully saturated rings. The van der Waals surface area contributed by atoms with Gasteiger partial charge in [0, 0.05) is 0 Å². The minimum absolute atomic E-state index is 2.09. The molecule has 0 spiro atoms. The average molecular weight is 274 g/mol. The first-order chi connectivity index (χ1) is 3.85. The third-order valence-electron chi connectivity index (χ3n) is 0.534. The molecule has 0 aromatic carbocycles. The van der Waals surface area contributed by atoms with Crippen LogP contribution in [-0.2, 0) is 0 Å². The zero-order chi connectivity index (χ0) is 7.65. The molecular formula is C3H2Br2F4. The van der Waals surface area contributed by atoms with Gasteiger partial charge < -0.3 is 0 Å². The number of hydrogen-bond acceptors (Lipinski definition) is 0. The Hall–Kier alpha value is 0.680. The summed E-state index contributed by atoms with van der Waals surface area (Å²) in [7, 11) is 0. The minimum Gasteiger partial charge on any atom is -0.233 e. The van der Waals surface area contributed by atoms with E-state index in [1.54, 1.807) is 0 Å². The monoisotopic (exact) mass is 272 g/mol. The molecule has 0 aromatic heterocycles. The van der Waals surface area contributed by atoms with Crippen LogP contribution in [0.3, 0.4) is 0 Å². The molecule has 0 saturated carbocycles. The van der Waals surface area contributed by atoms with Gasteiger partial charge in [-0.05, 0) is 0 Å². The lowest BCUT2D eigenvalue weighted by atomic mass is 10.5. The second-order valence-electron chi connectivity index (χ2n) is 1.28. The SMILES string of the molecule is F[C@@H](Br)[C@H](Br)C(F)(F)F. The lowest BCUT2D eigenvalue weighted by Gasteiger charge is -2.12. The van der Waals surface area contributed by atoms with Gasteiger partial charge in [0.15, 0.2) is 9.91 Å². The minimum atomic E-state index is -4.52. The molecule has 0 bridgehead atoms. The normalized spacial score (nSPS) is 19.3. The van der Waals surface area contributed by atoms with Crippen molar-refractivity contribution < 1.29 is 17.6 Å². The topological polar surface area (TPSA) is 0 Å². The highest BCUT2D eigenvalue weighted by molar-refractivity contribution is 9.12. The Morgan fingerprint density at radius 2 is 1.44 bits per heavy atom. The van der Waals surface area contributed by atoms with E-state index in [1.165, 1.54) is 0 Å². The first kappa shape index (κ1) is 9.68. The number of halogens is 6. The van der Waals surface area contributed by atoms with Crippen molar-refractivity contribution in [1.82, 2.24) is 0 Å². The molecule has 0 saturated heterocycles. The third kappa shape index (κ3) is 3.40. The Balaban J connectivity index is 3.88. The molecule has 6 heteroatoms. The molecular weight excluding hydrogens is 272 g/mol. The van der Waals surface area contributed by atoms with Gasteiger partial charge in [-0.3, -0.25) is 0 Å². The Morgan fingerprint density at radius 1 is 1.11 bits per heavy atom. The lowest BCUT2D eigenvalue weighted by Crippen LogP contribution is -2.28. The molecule has 0 amide bonds. The number of alkyl halides is 6. The second kappa shape index (κ2) is 3.18. The molecule has 0 rings (SSSR count). The molecule has 0 nitrogen and oxygen atoms in total. The van der Waals surface area contributed by atoms with Gasteiger partial charge in [0.1, 0.15) is 0 Å². The summed E-state index contributed by atoms with van der Waals surface area (Å²) in [6.07, 6.45) is -4.52. The van der Waals surface area contributed by atoms with E-state index in [0.717, 1.165) is 0 Å². The number of hydrogen-bond donors (Lipinski definition) is 0. The Labute approximate surface area is 65.9 Å². The van der Waals surface area contributed by atoms with E-state index >= 15 is 0 Å². The predicted molar refractivity (Wildman–Crippen MR) is 32.6 cm³/mol. The highest BCUT2D eigenvalue weighted by atomic mass is 79.9. The summed E-state index contributed by atoms with van der Waals surface area (Å²) in [6, 6.07) is 0. The van der Waals surface area contributed by atoms with Crippen LogP contribution in [0.5, 0.6) is 0 Å². The van der Waals surface area contributed by atoms with Crippen molar-refractivity contribution >= 4 is 31.9 Å². The molecule has 56 valence electrons. The van der Waals surface area contributed by atoms with Gasteiger partial charge in [-0.1, -0.05) is 31.9 Å². The third-order valence-corrected chi connectivity index (χ3v) is 2.76.